The molecule has 1 fully saturated rings. The number of carboxylic acid groups (broad SMARTS) is 1. The molecule has 0 unspecified atom stereocenters. The standard InChI is InChI=1S/C20H32O5/c1-2-3-6-9-15(21)12-13-17-16(18(22)14-19(17)23)10-7-4-5-8-11-20(24)25/h4,7,12-13,16-19,22-23H,2-3,5-6,8-11,14H2,1H3,(H,24,25)/b7-4-,13-12+/t16-,17-,18-,19-/m1/s1. The van der Waals surface area contributed by atoms with E-state index in [0.717, 1.165) is 19.3 Å². The van der Waals surface area contributed by atoms with Crippen molar-refractivity contribution < 1.29 is 24.9 Å². The van der Waals surface area contributed by atoms with E-state index < -0.39 is 18.2 Å². The van der Waals surface area contributed by atoms with Crippen LogP contribution in [-0.2, 0) is 9.59 Å². The lowest BCUT2D eigenvalue weighted by Gasteiger charge is -2.19. The van der Waals surface area contributed by atoms with Gasteiger partial charge in [-0.3, -0.25) is 9.59 Å². The molecule has 0 radical (unpaired) electrons. The first kappa shape index (κ1) is 21.6. The van der Waals surface area contributed by atoms with Crippen molar-refractivity contribution in [1.29, 1.82) is 0 Å². The molecule has 0 spiro atoms. The van der Waals surface area contributed by atoms with Crippen LogP contribution in [0.1, 0.15) is 64.7 Å². The summed E-state index contributed by atoms with van der Waals surface area (Å²) in [5.41, 5.74) is 0. The number of aliphatic hydroxyl groups excluding tert-OH is 2. The average molecular weight is 352 g/mol. The molecule has 0 saturated heterocycles. The van der Waals surface area contributed by atoms with Crippen molar-refractivity contribution in [1.82, 2.24) is 0 Å². The zero-order valence-electron chi connectivity index (χ0n) is 15.1. The van der Waals surface area contributed by atoms with Gasteiger partial charge in [0.15, 0.2) is 5.78 Å². The molecule has 0 amide bonds. The third-order valence-corrected chi connectivity index (χ3v) is 4.78. The van der Waals surface area contributed by atoms with E-state index in [1.54, 1.807) is 12.2 Å². The Labute approximate surface area is 150 Å². The predicted octanol–water partition coefficient (Wildman–Crippen LogP) is 3.25. The molecular weight excluding hydrogens is 320 g/mol. The highest BCUT2D eigenvalue weighted by molar-refractivity contribution is 5.89. The Hall–Kier alpha value is -1.46. The van der Waals surface area contributed by atoms with E-state index in [2.05, 4.69) is 6.92 Å². The van der Waals surface area contributed by atoms with Crippen molar-refractivity contribution >= 4 is 11.8 Å². The van der Waals surface area contributed by atoms with Gasteiger partial charge in [-0.05, 0) is 37.7 Å². The zero-order valence-corrected chi connectivity index (χ0v) is 15.1. The minimum atomic E-state index is -0.795. The Morgan fingerprint density at radius 1 is 1.04 bits per heavy atom. The number of hydrogen-bond donors (Lipinski definition) is 3. The maximum atomic E-state index is 11.9. The number of aliphatic hydroxyl groups is 2. The molecule has 1 aliphatic carbocycles. The van der Waals surface area contributed by atoms with Crippen LogP contribution in [0.3, 0.4) is 0 Å². The molecule has 0 aromatic rings. The Morgan fingerprint density at radius 2 is 1.80 bits per heavy atom. The van der Waals surface area contributed by atoms with Crippen molar-refractivity contribution in [3.8, 4) is 0 Å². The Morgan fingerprint density at radius 3 is 2.48 bits per heavy atom. The highest BCUT2D eigenvalue weighted by Crippen LogP contribution is 2.36. The second-order valence-electron chi connectivity index (χ2n) is 6.89. The van der Waals surface area contributed by atoms with E-state index in [1.807, 2.05) is 12.2 Å². The average Bonchev–Trinajstić information content (AvgIpc) is 2.82. The molecule has 0 aliphatic heterocycles. The normalized spacial score (nSPS) is 26.7. The van der Waals surface area contributed by atoms with Crippen LogP contribution in [0.5, 0.6) is 0 Å². The van der Waals surface area contributed by atoms with E-state index in [-0.39, 0.29) is 24.0 Å². The molecule has 4 atom stereocenters. The van der Waals surface area contributed by atoms with Crippen LogP contribution in [0.25, 0.3) is 0 Å². The molecule has 5 heteroatoms. The van der Waals surface area contributed by atoms with Crippen LogP contribution in [0.2, 0.25) is 0 Å². The monoisotopic (exact) mass is 352 g/mol. The lowest BCUT2D eigenvalue weighted by atomic mass is 9.89. The van der Waals surface area contributed by atoms with Crippen molar-refractivity contribution in [2.75, 3.05) is 0 Å². The van der Waals surface area contributed by atoms with Crippen LogP contribution in [0.15, 0.2) is 24.3 Å². The molecule has 25 heavy (non-hydrogen) atoms. The summed E-state index contributed by atoms with van der Waals surface area (Å²) in [5.74, 6) is -1.04. The number of carbonyl (C=O) groups is 2. The molecule has 142 valence electrons. The topological polar surface area (TPSA) is 94.8 Å². The Bertz CT molecular complexity index is 469. The number of rotatable bonds is 12. The van der Waals surface area contributed by atoms with E-state index in [0.29, 0.717) is 32.1 Å². The van der Waals surface area contributed by atoms with Gasteiger partial charge in [0.05, 0.1) is 12.2 Å². The number of carboxylic acids is 1. The van der Waals surface area contributed by atoms with Crippen LogP contribution in [-0.4, -0.2) is 39.3 Å². The smallest absolute Gasteiger partial charge is 0.303 e. The third kappa shape index (κ3) is 8.45. The number of ketones is 1. The lowest BCUT2D eigenvalue weighted by molar-refractivity contribution is -0.137. The molecular formula is C20H32O5. The first-order valence-corrected chi connectivity index (χ1v) is 9.39. The summed E-state index contributed by atoms with van der Waals surface area (Å²) in [6, 6.07) is 0. The van der Waals surface area contributed by atoms with Gasteiger partial charge in [0.25, 0.3) is 0 Å². The molecule has 0 bridgehead atoms. The van der Waals surface area contributed by atoms with E-state index in [1.165, 1.54) is 0 Å². The van der Waals surface area contributed by atoms with Crippen LogP contribution in [0, 0.1) is 11.8 Å². The maximum absolute atomic E-state index is 11.9. The second kappa shape index (κ2) is 12.0. The highest BCUT2D eigenvalue weighted by Gasteiger charge is 2.39. The predicted molar refractivity (Wildman–Crippen MR) is 97.1 cm³/mol. The number of aliphatic carboxylic acids is 1. The number of carbonyl (C=O) groups excluding carboxylic acids is 1. The molecule has 1 saturated carbocycles. The van der Waals surface area contributed by atoms with Crippen molar-refractivity contribution in [2.45, 2.75) is 76.9 Å². The van der Waals surface area contributed by atoms with E-state index >= 15 is 0 Å². The van der Waals surface area contributed by atoms with Gasteiger partial charge >= 0.3 is 5.97 Å². The van der Waals surface area contributed by atoms with Crippen LogP contribution >= 0.6 is 0 Å². The summed E-state index contributed by atoms with van der Waals surface area (Å²) in [7, 11) is 0. The quantitative estimate of drug-likeness (QED) is 0.285. The number of unbranched alkanes of at least 4 members (excludes halogenated alkanes) is 3. The maximum Gasteiger partial charge on any atom is 0.303 e. The summed E-state index contributed by atoms with van der Waals surface area (Å²) in [6.45, 7) is 2.09. The van der Waals surface area contributed by atoms with Gasteiger partial charge in [-0.2, -0.15) is 0 Å². The molecule has 0 aromatic heterocycles. The van der Waals surface area contributed by atoms with Gasteiger partial charge in [0.2, 0.25) is 0 Å². The third-order valence-electron chi connectivity index (χ3n) is 4.78. The molecule has 1 aliphatic rings. The molecule has 3 N–H and O–H groups in total. The molecule has 0 aromatic carbocycles. The first-order valence-electron chi connectivity index (χ1n) is 9.39. The lowest BCUT2D eigenvalue weighted by Crippen LogP contribution is -2.20. The van der Waals surface area contributed by atoms with Gasteiger partial charge in [-0.25, -0.2) is 0 Å². The zero-order chi connectivity index (χ0) is 18.7. The van der Waals surface area contributed by atoms with Gasteiger partial charge in [-0.15, -0.1) is 0 Å². The molecule has 1 rings (SSSR count). The van der Waals surface area contributed by atoms with Crippen LogP contribution < -0.4 is 0 Å². The molecule has 5 nitrogen and oxygen atoms in total. The van der Waals surface area contributed by atoms with Gasteiger partial charge in [0, 0.05) is 25.2 Å². The fraction of sp³-hybridized carbons (Fsp3) is 0.700. The number of hydrogen-bond acceptors (Lipinski definition) is 4. The molecule has 0 heterocycles. The summed E-state index contributed by atoms with van der Waals surface area (Å²) >= 11 is 0. The van der Waals surface area contributed by atoms with Crippen LogP contribution in [0.4, 0.5) is 0 Å². The van der Waals surface area contributed by atoms with Crippen molar-refractivity contribution in [3.05, 3.63) is 24.3 Å². The van der Waals surface area contributed by atoms with E-state index in [4.69, 9.17) is 5.11 Å². The minimum absolute atomic E-state index is 0.0741. The summed E-state index contributed by atoms with van der Waals surface area (Å²) in [6.07, 6.45) is 11.9. The minimum Gasteiger partial charge on any atom is -0.481 e. The summed E-state index contributed by atoms with van der Waals surface area (Å²) in [4.78, 5) is 22.3. The number of allylic oxidation sites excluding steroid dienone is 3. The fourth-order valence-electron chi connectivity index (χ4n) is 3.30. The van der Waals surface area contributed by atoms with Gasteiger partial charge in [-0.1, -0.05) is 38.0 Å². The second-order valence-corrected chi connectivity index (χ2v) is 6.89. The Balaban J connectivity index is 2.48. The summed E-state index contributed by atoms with van der Waals surface area (Å²) in [5, 5.41) is 28.9. The Kier molecular flexibility index (Phi) is 10.3. The van der Waals surface area contributed by atoms with Crippen molar-refractivity contribution in [3.63, 3.8) is 0 Å². The van der Waals surface area contributed by atoms with E-state index in [9.17, 15) is 19.8 Å². The highest BCUT2D eigenvalue weighted by atomic mass is 16.4. The fourth-order valence-corrected chi connectivity index (χ4v) is 3.30. The summed E-state index contributed by atoms with van der Waals surface area (Å²) < 4.78 is 0. The van der Waals surface area contributed by atoms with Crippen molar-refractivity contribution in [2.24, 2.45) is 11.8 Å². The largest absolute Gasteiger partial charge is 0.481 e. The van der Waals surface area contributed by atoms with Gasteiger partial charge in [0.1, 0.15) is 0 Å². The first-order chi connectivity index (χ1) is 12.0. The SMILES string of the molecule is CCCCCC(=O)/C=C/[C@@H]1[C@@H](C/C=C\CCCC(=O)O)[C@H](O)C[C@H]1O. The van der Waals surface area contributed by atoms with Gasteiger partial charge < -0.3 is 15.3 Å².